The van der Waals surface area contributed by atoms with E-state index in [1.807, 2.05) is 24.3 Å². The molecule has 1 aliphatic heterocycles. The molecule has 2 heterocycles. The zero-order valence-electron chi connectivity index (χ0n) is 11.9. The van der Waals surface area contributed by atoms with Crippen molar-refractivity contribution in [3.63, 3.8) is 0 Å². The van der Waals surface area contributed by atoms with E-state index in [9.17, 15) is 13.6 Å². The summed E-state index contributed by atoms with van der Waals surface area (Å²) in [6.07, 6.45) is -3.49. The Morgan fingerprint density at radius 2 is 1.95 bits per heavy atom. The normalized spacial score (nSPS) is 15.2. The number of amides is 1. The van der Waals surface area contributed by atoms with E-state index in [0.29, 0.717) is 24.5 Å². The van der Waals surface area contributed by atoms with Gasteiger partial charge in [-0.05, 0) is 30.7 Å². The first-order valence-corrected chi connectivity index (χ1v) is 6.88. The second kappa shape index (κ2) is 5.40. The van der Waals surface area contributed by atoms with Crippen LogP contribution in [-0.2, 0) is 0 Å². The second-order valence-electron chi connectivity index (χ2n) is 5.40. The van der Waals surface area contributed by atoms with Gasteiger partial charge in [0.25, 0.3) is 6.43 Å². The monoisotopic (exact) mass is 307 g/mol. The van der Waals surface area contributed by atoms with E-state index in [1.165, 1.54) is 15.6 Å². The first-order chi connectivity index (χ1) is 10.5. The van der Waals surface area contributed by atoms with Gasteiger partial charge in [0, 0.05) is 24.7 Å². The number of hydrogen-bond acceptors (Lipinski definition) is 2. The van der Waals surface area contributed by atoms with Crippen LogP contribution in [0.15, 0.2) is 30.3 Å². The van der Waals surface area contributed by atoms with Crippen molar-refractivity contribution in [3.8, 4) is 5.69 Å². The van der Waals surface area contributed by atoms with Crippen LogP contribution in [0.4, 0.5) is 13.6 Å². The lowest BCUT2D eigenvalue weighted by Crippen LogP contribution is -2.47. The van der Waals surface area contributed by atoms with Crippen LogP contribution in [0.25, 0.3) is 5.69 Å². The number of benzene rings is 1. The summed E-state index contributed by atoms with van der Waals surface area (Å²) < 4.78 is 26.8. The van der Waals surface area contributed by atoms with E-state index in [1.54, 1.807) is 6.92 Å². The maximum atomic E-state index is 12.7. The van der Waals surface area contributed by atoms with Crippen molar-refractivity contribution >= 4 is 6.09 Å². The molecule has 1 saturated heterocycles. The number of aryl methyl sites for hydroxylation is 1. The van der Waals surface area contributed by atoms with E-state index < -0.39 is 12.5 Å². The Bertz CT molecular complexity index is 691. The average molecular weight is 307 g/mol. The Labute approximate surface area is 125 Å². The number of alkyl halides is 2. The second-order valence-corrected chi connectivity index (χ2v) is 5.40. The lowest BCUT2D eigenvalue weighted by molar-refractivity contribution is 0.105. The van der Waals surface area contributed by atoms with E-state index in [-0.39, 0.29) is 11.6 Å². The maximum absolute atomic E-state index is 12.7. The Balaban J connectivity index is 1.76. The molecule has 0 saturated carbocycles. The highest BCUT2D eigenvalue weighted by atomic mass is 19.3. The fourth-order valence-electron chi connectivity index (χ4n) is 2.60. The predicted molar refractivity (Wildman–Crippen MR) is 75.6 cm³/mol. The largest absolute Gasteiger partial charge is 0.465 e. The molecule has 1 aromatic heterocycles. The highest BCUT2D eigenvalue weighted by Gasteiger charge is 2.31. The van der Waals surface area contributed by atoms with Gasteiger partial charge in [-0.3, -0.25) is 0 Å². The number of carboxylic acid groups (broad SMARTS) is 1. The summed E-state index contributed by atoms with van der Waals surface area (Å²) in [7, 11) is 0. The molecule has 1 fully saturated rings. The third-order valence-electron chi connectivity index (χ3n) is 3.89. The summed E-state index contributed by atoms with van der Waals surface area (Å²) in [5.41, 5.74) is 2.16. The van der Waals surface area contributed by atoms with Crippen molar-refractivity contribution in [2.24, 2.45) is 0 Å². The van der Waals surface area contributed by atoms with Crippen molar-refractivity contribution in [2.45, 2.75) is 19.3 Å². The van der Waals surface area contributed by atoms with Gasteiger partial charge in [0.2, 0.25) is 0 Å². The standard InChI is InChI=1S/C15H15F2N3O2/c1-9-6-13(14(16)17)18-20(9)12-4-2-10(3-5-12)11-7-19(8-11)15(21)22/h2-6,11,14H,7-8H2,1H3,(H,21,22). The summed E-state index contributed by atoms with van der Waals surface area (Å²) in [5.74, 6) is 0.195. The van der Waals surface area contributed by atoms with E-state index in [4.69, 9.17) is 5.11 Å². The average Bonchev–Trinajstić information content (AvgIpc) is 2.80. The van der Waals surface area contributed by atoms with Crippen LogP contribution in [0, 0.1) is 6.92 Å². The number of nitrogens with zero attached hydrogens (tertiary/aromatic N) is 3. The molecule has 2 aromatic rings. The molecule has 0 atom stereocenters. The highest BCUT2D eigenvalue weighted by molar-refractivity contribution is 5.66. The van der Waals surface area contributed by atoms with Crippen molar-refractivity contribution in [1.29, 1.82) is 0 Å². The molecular formula is C15H15F2N3O2. The minimum absolute atomic E-state index is 0.195. The third-order valence-corrected chi connectivity index (χ3v) is 3.89. The molecule has 0 spiro atoms. The Morgan fingerprint density at radius 1 is 1.32 bits per heavy atom. The van der Waals surface area contributed by atoms with E-state index in [2.05, 4.69) is 5.10 Å². The molecule has 3 rings (SSSR count). The molecule has 0 radical (unpaired) electrons. The Morgan fingerprint density at radius 3 is 2.45 bits per heavy atom. The first kappa shape index (κ1) is 14.5. The molecule has 0 bridgehead atoms. The topological polar surface area (TPSA) is 58.4 Å². The summed E-state index contributed by atoms with van der Waals surface area (Å²) >= 11 is 0. The minimum atomic E-state index is -2.59. The van der Waals surface area contributed by atoms with Gasteiger partial charge in [-0.2, -0.15) is 5.10 Å². The molecule has 22 heavy (non-hydrogen) atoms. The van der Waals surface area contributed by atoms with Crippen LogP contribution < -0.4 is 0 Å². The summed E-state index contributed by atoms with van der Waals surface area (Å²) in [6.45, 7) is 2.71. The molecular weight excluding hydrogens is 292 g/mol. The van der Waals surface area contributed by atoms with Gasteiger partial charge in [-0.25, -0.2) is 18.3 Å². The van der Waals surface area contributed by atoms with Gasteiger partial charge in [-0.15, -0.1) is 0 Å². The van der Waals surface area contributed by atoms with Crippen LogP contribution in [-0.4, -0.2) is 39.0 Å². The quantitative estimate of drug-likeness (QED) is 0.947. The van der Waals surface area contributed by atoms with Gasteiger partial charge >= 0.3 is 6.09 Å². The molecule has 0 unspecified atom stereocenters. The zero-order valence-corrected chi connectivity index (χ0v) is 11.9. The molecule has 7 heteroatoms. The number of rotatable bonds is 3. The fourth-order valence-corrected chi connectivity index (χ4v) is 2.60. The molecule has 1 aliphatic rings. The van der Waals surface area contributed by atoms with Crippen molar-refractivity contribution in [3.05, 3.63) is 47.3 Å². The smallest absolute Gasteiger partial charge is 0.407 e. The Hall–Kier alpha value is -2.44. The van der Waals surface area contributed by atoms with Crippen LogP contribution in [0.1, 0.15) is 29.3 Å². The van der Waals surface area contributed by atoms with Crippen LogP contribution in [0.2, 0.25) is 0 Å². The van der Waals surface area contributed by atoms with E-state index >= 15 is 0 Å². The number of halogens is 2. The number of carbonyl (C=O) groups is 1. The summed E-state index contributed by atoms with van der Waals surface area (Å²) in [5, 5.41) is 12.7. The SMILES string of the molecule is Cc1cc(C(F)F)nn1-c1ccc(C2CN(C(=O)O)C2)cc1. The first-order valence-electron chi connectivity index (χ1n) is 6.88. The Kier molecular flexibility index (Phi) is 3.56. The number of hydrogen-bond donors (Lipinski definition) is 1. The van der Waals surface area contributed by atoms with Gasteiger partial charge in [0.05, 0.1) is 5.69 Å². The highest BCUT2D eigenvalue weighted by Crippen LogP contribution is 2.28. The van der Waals surface area contributed by atoms with Gasteiger partial charge in [0.15, 0.2) is 0 Å². The number of likely N-dealkylation sites (tertiary alicyclic amines) is 1. The summed E-state index contributed by atoms with van der Waals surface area (Å²) in [4.78, 5) is 12.1. The number of aromatic nitrogens is 2. The van der Waals surface area contributed by atoms with Gasteiger partial charge in [-0.1, -0.05) is 12.1 Å². The summed E-state index contributed by atoms with van der Waals surface area (Å²) in [6, 6.07) is 8.78. The molecule has 5 nitrogen and oxygen atoms in total. The van der Waals surface area contributed by atoms with Crippen molar-refractivity contribution in [2.75, 3.05) is 13.1 Å². The third kappa shape index (κ3) is 2.54. The van der Waals surface area contributed by atoms with Crippen LogP contribution in [0.3, 0.4) is 0 Å². The van der Waals surface area contributed by atoms with Gasteiger partial charge in [0.1, 0.15) is 5.69 Å². The molecule has 116 valence electrons. The van der Waals surface area contributed by atoms with Gasteiger partial charge < -0.3 is 10.0 Å². The molecule has 1 aromatic carbocycles. The van der Waals surface area contributed by atoms with E-state index in [0.717, 1.165) is 5.56 Å². The van der Waals surface area contributed by atoms with Crippen LogP contribution >= 0.6 is 0 Å². The maximum Gasteiger partial charge on any atom is 0.407 e. The lowest BCUT2D eigenvalue weighted by atomic mass is 9.92. The minimum Gasteiger partial charge on any atom is -0.465 e. The van der Waals surface area contributed by atoms with Crippen molar-refractivity contribution < 1.29 is 18.7 Å². The lowest BCUT2D eigenvalue weighted by Gasteiger charge is -2.37. The predicted octanol–water partition coefficient (Wildman–Crippen LogP) is 3.20. The zero-order chi connectivity index (χ0) is 15.9. The fraction of sp³-hybridized carbons (Fsp3) is 0.333. The molecule has 1 N–H and O–H groups in total. The van der Waals surface area contributed by atoms with Crippen LogP contribution in [0.5, 0.6) is 0 Å². The van der Waals surface area contributed by atoms with Crippen molar-refractivity contribution in [1.82, 2.24) is 14.7 Å². The molecule has 0 aliphatic carbocycles. The molecule has 1 amide bonds.